The highest BCUT2D eigenvalue weighted by Gasteiger charge is 2.26. The van der Waals surface area contributed by atoms with Crippen molar-refractivity contribution in [2.75, 3.05) is 6.61 Å². The number of rotatable bonds is 4. The van der Waals surface area contributed by atoms with Crippen LogP contribution < -0.4 is 5.32 Å². The molecule has 1 heterocycles. The van der Waals surface area contributed by atoms with E-state index in [0.717, 1.165) is 6.42 Å². The Morgan fingerprint density at radius 2 is 2.10 bits per heavy atom. The Morgan fingerprint density at radius 3 is 2.65 bits per heavy atom. The average Bonchev–Trinajstić information content (AvgIpc) is 2.73. The van der Waals surface area contributed by atoms with Gasteiger partial charge in [-0.15, -0.1) is 0 Å². The van der Waals surface area contributed by atoms with E-state index in [1.54, 1.807) is 18.2 Å². The maximum Gasteiger partial charge on any atom is 0.223 e. The zero-order valence-corrected chi connectivity index (χ0v) is 12.6. The highest BCUT2D eigenvalue weighted by Crippen LogP contribution is 2.25. The highest BCUT2D eigenvalue weighted by atomic mass is 35.5. The Balaban J connectivity index is 1.93. The molecule has 1 aliphatic heterocycles. The molecular weight excluding hydrogens is 301 g/mol. The molecule has 0 bridgehead atoms. The van der Waals surface area contributed by atoms with Crippen LogP contribution in [0, 0.1) is 0 Å². The van der Waals surface area contributed by atoms with E-state index >= 15 is 0 Å². The second-order valence-corrected chi connectivity index (χ2v) is 5.83. The van der Waals surface area contributed by atoms with Crippen molar-refractivity contribution >= 4 is 29.1 Å². The van der Waals surface area contributed by atoms with E-state index in [-0.39, 0.29) is 24.5 Å². The largest absolute Gasteiger partial charge is 0.388 e. The molecule has 1 fully saturated rings. The molecule has 1 amide bonds. The second-order valence-electron chi connectivity index (χ2n) is 4.96. The van der Waals surface area contributed by atoms with Gasteiger partial charge in [0.25, 0.3) is 0 Å². The number of aliphatic hydroxyl groups excluding tert-OH is 1. The minimum atomic E-state index is -0.927. The van der Waals surface area contributed by atoms with Crippen molar-refractivity contribution in [1.29, 1.82) is 0 Å². The minimum Gasteiger partial charge on any atom is -0.388 e. The third-order valence-electron chi connectivity index (χ3n) is 3.37. The summed E-state index contributed by atoms with van der Waals surface area (Å²) in [6.45, 7) is 2.57. The Kier molecular flexibility index (Phi) is 5.27. The van der Waals surface area contributed by atoms with Crippen LogP contribution in [-0.2, 0) is 9.53 Å². The molecule has 1 aliphatic rings. The van der Waals surface area contributed by atoms with E-state index < -0.39 is 6.10 Å². The molecule has 4 nitrogen and oxygen atoms in total. The van der Waals surface area contributed by atoms with Gasteiger partial charge in [-0.2, -0.15) is 0 Å². The number of benzene rings is 1. The molecule has 0 radical (unpaired) electrons. The topological polar surface area (TPSA) is 58.6 Å². The summed E-state index contributed by atoms with van der Waals surface area (Å²) >= 11 is 11.7. The Bertz CT molecular complexity index is 475. The molecule has 0 aliphatic carbocycles. The third-order valence-corrected chi connectivity index (χ3v) is 3.81. The lowest BCUT2D eigenvalue weighted by atomic mass is 10.1. The van der Waals surface area contributed by atoms with Crippen LogP contribution >= 0.6 is 23.2 Å². The summed E-state index contributed by atoms with van der Waals surface area (Å²) in [5, 5.41) is 13.8. The van der Waals surface area contributed by atoms with Gasteiger partial charge in [0.1, 0.15) is 0 Å². The number of halogens is 2. The predicted molar refractivity (Wildman–Crippen MR) is 78.0 cm³/mol. The number of amides is 1. The molecule has 3 unspecified atom stereocenters. The van der Waals surface area contributed by atoms with Crippen LogP contribution in [0.3, 0.4) is 0 Å². The van der Waals surface area contributed by atoms with Crippen molar-refractivity contribution in [2.45, 2.75) is 38.0 Å². The fourth-order valence-electron chi connectivity index (χ4n) is 2.25. The summed E-state index contributed by atoms with van der Waals surface area (Å²) < 4.78 is 5.38. The van der Waals surface area contributed by atoms with Crippen LogP contribution in [0.1, 0.15) is 31.4 Å². The number of carbonyl (C=O) groups is 1. The summed E-state index contributed by atoms with van der Waals surface area (Å²) in [6, 6.07) is 4.80. The van der Waals surface area contributed by atoms with E-state index in [9.17, 15) is 9.90 Å². The standard InChI is InChI=1S/C14H17Cl2NO3/c1-8-12(2-3-20-8)17-14(19)7-13(18)9-4-10(15)6-11(16)5-9/h4-6,8,12-13,18H,2-3,7H2,1H3,(H,17,19). The lowest BCUT2D eigenvalue weighted by Gasteiger charge is -2.18. The quantitative estimate of drug-likeness (QED) is 0.897. The first-order valence-corrected chi connectivity index (χ1v) is 7.26. The summed E-state index contributed by atoms with van der Waals surface area (Å²) in [7, 11) is 0. The van der Waals surface area contributed by atoms with Crippen LogP contribution in [0.15, 0.2) is 18.2 Å². The number of aliphatic hydroxyl groups is 1. The zero-order chi connectivity index (χ0) is 14.7. The van der Waals surface area contributed by atoms with Gasteiger partial charge in [0.05, 0.1) is 24.7 Å². The Labute approximate surface area is 128 Å². The number of nitrogens with one attached hydrogen (secondary N) is 1. The molecule has 0 aromatic heterocycles. The van der Waals surface area contributed by atoms with Gasteiger partial charge in [-0.1, -0.05) is 23.2 Å². The highest BCUT2D eigenvalue weighted by molar-refractivity contribution is 6.34. The zero-order valence-electron chi connectivity index (χ0n) is 11.1. The molecular formula is C14H17Cl2NO3. The number of hydrogen-bond donors (Lipinski definition) is 2. The predicted octanol–water partition coefficient (Wildman–Crippen LogP) is 2.71. The second kappa shape index (κ2) is 6.76. The molecule has 1 aromatic rings. The van der Waals surface area contributed by atoms with Gasteiger partial charge >= 0.3 is 0 Å². The van der Waals surface area contributed by atoms with Gasteiger partial charge in [-0.3, -0.25) is 4.79 Å². The van der Waals surface area contributed by atoms with E-state index in [1.807, 2.05) is 6.92 Å². The molecule has 6 heteroatoms. The SMILES string of the molecule is CC1OCCC1NC(=O)CC(O)c1cc(Cl)cc(Cl)c1. The first-order valence-electron chi connectivity index (χ1n) is 6.50. The van der Waals surface area contributed by atoms with Crippen molar-refractivity contribution in [3.8, 4) is 0 Å². The van der Waals surface area contributed by atoms with Crippen LogP contribution in [0.2, 0.25) is 10.0 Å². The summed E-state index contributed by atoms with van der Waals surface area (Å²) in [4.78, 5) is 11.9. The van der Waals surface area contributed by atoms with Crippen molar-refractivity contribution in [1.82, 2.24) is 5.32 Å². The lowest BCUT2D eigenvalue weighted by molar-refractivity contribution is -0.124. The summed E-state index contributed by atoms with van der Waals surface area (Å²) in [6.07, 6.45) is -0.146. The van der Waals surface area contributed by atoms with Gasteiger partial charge in [-0.05, 0) is 37.1 Å². The summed E-state index contributed by atoms with van der Waals surface area (Å²) in [5.41, 5.74) is 0.536. The fraction of sp³-hybridized carbons (Fsp3) is 0.500. The van der Waals surface area contributed by atoms with Crippen molar-refractivity contribution in [3.63, 3.8) is 0 Å². The molecule has 0 spiro atoms. The molecule has 3 atom stereocenters. The maximum atomic E-state index is 11.9. The van der Waals surface area contributed by atoms with Gasteiger partial charge < -0.3 is 15.2 Å². The van der Waals surface area contributed by atoms with Gasteiger partial charge in [0.2, 0.25) is 5.91 Å². The fourth-order valence-corrected chi connectivity index (χ4v) is 2.79. The Hall–Kier alpha value is -0.810. The average molecular weight is 318 g/mol. The van der Waals surface area contributed by atoms with Crippen LogP contribution in [0.5, 0.6) is 0 Å². The number of ether oxygens (including phenoxy) is 1. The third kappa shape index (κ3) is 4.09. The normalized spacial score (nSPS) is 23.6. The molecule has 0 saturated carbocycles. The van der Waals surface area contributed by atoms with Crippen LogP contribution in [0.4, 0.5) is 0 Å². The molecule has 20 heavy (non-hydrogen) atoms. The number of hydrogen-bond acceptors (Lipinski definition) is 3. The molecule has 110 valence electrons. The van der Waals surface area contributed by atoms with E-state index in [1.165, 1.54) is 0 Å². The number of carbonyl (C=O) groups excluding carboxylic acids is 1. The smallest absolute Gasteiger partial charge is 0.223 e. The maximum absolute atomic E-state index is 11.9. The first kappa shape index (κ1) is 15.6. The van der Waals surface area contributed by atoms with Crippen LogP contribution in [-0.4, -0.2) is 29.8 Å². The van der Waals surface area contributed by atoms with E-state index in [2.05, 4.69) is 5.32 Å². The van der Waals surface area contributed by atoms with Gasteiger partial charge in [-0.25, -0.2) is 0 Å². The minimum absolute atomic E-state index is 0.0108. The van der Waals surface area contributed by atoms with Crippen LogP contribution in [0.25, 0.3) is 0 Å². The van der Waals surface area contributed by atoms with E-state index in [0.29, 0.717) is 22.2 Å². The van der Waals surface area contributed by atoms with Gasteiger partial charge in [0, 0.05) is 16.7 Å². The van der Waals surface area contributed by atoms with E-state index in [4.69, 9.17) is 27.9 Å². The first-order chi connectivity index (χ1) is 9.45. The molecule has 2 N–H and O–H groups in total. The Morgan fingerprint density at radius 1 is 1.45 bits per heavy atom. The van der Waals surface area contributed by atoms with Crippen molar-refractivity contribution in [3.05, 3.63) is 33.8 Å². The lowest BCUT2D eigenvalue weighted by Crippen LogP contribution is -2.39. The summed E-state index contributed by atoms with van der Waals surface area (Å²) in [5.74, 6) is -0.212. The molecule has 2 rings (SSSR count). The molecule has 1 aromatic carbocycles. The van der Waals surface area contributed by atoms with Crippen molar-refractivity contribution < 1.29 is 14.6 Å². The monoisotopic (exact) mass is 317 g/mol. The van der Waals surface area contributed by atoms with Gasteiger partial charge in [0.15, 0.2) is 0 Å². The molecule has 1 saturated heterocycles. The van der Waals surface area contributed by atoms with Crippen molar-refractivity contribution in [2.24, 2.45) is 0 Å².